The van der Waals surface area contributed by atoms with Gasteiger partial charge < -0.3 is 14.4 Å². The highest BCUT2D eigenvalue weighted by Crippen LogP contribution is 2.16. The number of rotatable bonds is 10. The van der Waals surface area contributed by atoms with Crippen LogP contribution in [0, 0.1) is 0 Å². The van der Waals surface area contributed by atoms with Crippen LogP contribution in [-0.4, -0.2) is 44.7 Å². The molecular weight excluding hydrogens is 266 g/mol. The van der Waals surface area contributed by atoms with Gasteiger partial charge in [-0.15, -0.1) is 0 Å². The highest BCUT2D eigenvalue weighted by atomic mass is 16.6. The van der Waals surface area contributed by atoms with Gasteiger partial charge in [-0.05, 0) is 71.5 Å². The van der Waals surface area contributed by atoms with Crippen molar-refractivity contribution < 1.29 is 14.3 Å². The summed E-state index contributed by atoms with van der Waals surface area (Å²) in [6.45, 7) is 10.9. The number of hydrogen-bond acceptors (Lipinski definition) is 4. The zero-order chi connectivity index (χ0) is 16.3. The van der Waals surface area contributed by atoms with E-state index in [4.69, 9.17) is 9.47 Å². The second-order valence-electron chi connectivity index (χ2n) is 5.18. The molecule has 0 aliphatic heterocycles. The first kappa shape index (κ1) is 19.4. The molecule has 4 heteroatoms. The maximum atomic E-state index is 11.6. The molecule has 0 aromatic heterocycles. The van der Waals surface area contributed by atoms with Crippen LogP contribution in [0.25, 0.3) is 0 Å². The van der Waals surface area contributed by atoms with Crippen molar-refractivity contribution in [1.82, 2.24) is 4.90 Å². The molecule has 0 bridgehead atoms. The van der Waals surface area contributed by atoms with Crippen LogP contribution < -0.4 is 0 Å². The molecule has 21 heavy (non-hydrogen) atoms. The number of esters is 1. The number of allylic oxidation sites excluding steroid dienone is 4. The van der Waals surface area contributed by atoms with E-state index >= 15 is 0 Å². The number of nitrogens with zero attached hydrogens (tertiary/aromatic N) is 1. The van der Waals surface area contributed by atoms with Crippen molar-refractivity contribution in [3.63, 3.8) is 0 Å². The second kappa shape index (κ2) is 11.1. The normalized spacial score (nSPS) is 13.0. The molecule has 0 saturated heterocycles. The van der Waals surface area contributed by atoms with E-state index in [-0.39, 0.29) is 12.6 Å². The van der Waals surface area contributed by atoms with E-state index in [9.17, 15) is 4.79 Å². The molecule has 0 aromatic rings. The molecule has 4 nitrogen and oxygen atoms in total. The summed E-state index contributed by atoms with van der Waals surface area (Å²) < 4.78 is 10.6. The Hall–Kier alpha value is -1.55. The van der Waals surface area contributed by atoms with Gasteiger partial charge in [0, 0.05) is 0 Å². The third kappa shape index (κ3) is 9.08. The highest BCUT2D eigenvalue weighted by Gasteiger charge is 2.08. The Morgan fingerprint density at radius 2 is 1.86 bits per heavy atom. The molecule has 0 radical (unpaired) electrons. The van der Waals surface area contributed by atoms with Crippen molar-refractivity contribution >= 4 is 5.97 Å². The highest BCUT2D eigenvalue weighted by molar-refractivity contribution is 5.70. The van der Waals surface area contributed by atoms with Gasteiger partial charge in [0.25, 0.3) is 0 Å². The molecule has 0 saturated carbocycles. The van der Waals surface area contributed by atoms with Crippen LogP contribution in [0.2, 0.25) is 0 Å². The Bertz CT molecular complexity index is 395. The molecule has 0 rings (SSSR count). The number of hydrogen-bond donors (Lipinski definition) is 0. The van der Waals surface area contributed by atoms with Crippen LogP contribution in [0.5, 0.6) is 0 Å². The Labute approximate surface area is 129 Å². The van der Waals surface area contributed by atoms with Crippen molar-refractivity contribution in [2.75, 3.05) is 33.9 Å². The van der Waals surface area contributed by atoms with Crippen molar-refractivity contribution in [1.29, 1.82) is 0 Å². The van der Waals surface area contributed by atoms with E-state index in [0.717, 1.165) is 30.5 Å². The lowest BCUT2D eigenvalue weighted by Gasteiger charge is -2.12. The molecular formula is C17H29NO3. The molecule has 120 valence electrons. The van der Waals surface area contributed by atoms with Crippen LogP contribution in [0.15, 0.2) is 35.6 Å². The number of unbranched alkanes of at least 4 members (excludes halogenated alkanes) is 1. The van der Waals surface area contributed by atoms with E-state index in [1.165, 1.54) is 0 Å². The number of ether oxygens (including phenoxy) is 2. The summed E-state index contributed by atoms with van der Waals surface area (Å²) in [6.07, 6.45) is 5.49. The lowest BCUT2D eigenvalue weighted by Crippen LogP contribution is -2.16. The Morgan fingerprint density at radius 3 is 2.38 bits per heavy atom. The van der Waals surface area contributed by atoms with Gasteiger partial charge >= 0.3 is 5.97 Å². The Balaban J connectivity index is 4.04. The molecule has 0 unspecified atom stereocenters. The third-order valence-electron chi connectivity index (χ3n) is 3.14. The predicted octanol–water partition coefficient (Wildman–Crippen LogP) is 3.31. The van der Waals surface area contributed by atoms with Crippen LogP contribution in [0.4, 0.5) is 0 Å². The van der Waals surface area contributed by atoms with Gasteiger partial charge in [0.2, 0.25) is 0 Å². The SMILES string of the molecule is C=C/C(C)=C(C)\C(=C/C)OCC(=O)OCCCCN(C)C. The van der Waals surface area contributed by atoms with Crippen molar-refractivity contribution in [3.05, 3.63) is 35.6 Å². The molecule has 0 N–H and O–H groups in total. The Kier molecular flexibility index (Phi) is 10.3. The fourth-order valence-electron chi connectivity index (χ4n) is 1.65. The fourth-order valence-corrected chi connectivity index (χ4v) is 1.65. The summed E-state index contributed by atoms with van der Waals surface area (Å²) in [6, 6.07) is 0. The summed E-state index contributed by atoms with van der Waals surface area (Å²) >= 11 is 0. The first-order valence-electron chi connectivity index (χ1n) is 7.32. The predicted molar refractivity (Wildman–Crippen MR) is 87.0 cm³/mol. The minimum atomic E-state index is -0.330. The maximum Gasteiger partial charge on any atom is 0.344 e. The second-order valence-corrected chi connectivity index (χ2v) is 5.18. The van der Waals surface area contributed by atoms with Crippen molar-refractivity contribution in [3.8, 4) is 0 Å². The summed E-state index contributed by atoms with van der Waals surface area (Å²) in [5.41, 5.74) is 2.01. The summed E-state index contributed by atoms with van der Waals surface area (Å²) in [4.78, 5) is 13.7. The van der Waals surface area contributed by atoms with Crippen LogP contribution in [-0.2, 0) is 14.3 Å². The molecule has 0 aliphatic carbocycles. The first-order valence-corrected chi connectivity index (χ1v) is 7.32. The monoisotopic (exact) mass is 295 g/mol. The minimum absolute atomic E-state index is 0.0604. The van der Waals surface area contributed by atoms with Gasteiger partial charge in [-0.3, -0.25) is 0 Å². The molecule has 0 atom stereocenters. The molecule has 0 amide bonds. The third-order valence-corrected chi connectivity index (χ3v) is 3.14. The van der Waals surface area contributed by atoms with E-state index in [1.54, 1.807) is 6.08 Å². The fraction of sp³-hybridized carbons (Fsp3) is 0.588. The largest absolute Gasteiger partial charge is 0.482 e. The zero-order valence-corrected chi connectivity index (χ0v) is 14.1. The van der Waals surface area contributed by atoms with Gasteiger partial charge in [-0.1, -0.05) is 12.7 Å². The molecule has 0 heterocycles. The molecule has 0 spiro atoms. The van der Waals surface area contributed by atoms with Gasteiger partial charge in [-0.2, -0.15) is 0 Å². The minimum Gasteiger partial charge on any atom is -0.482 e. The van der Waals surface area contributed by atoms with E-state index in [2.05, 4.69) is 11.5 Å². The smallest absolute Gasteiger partial charge is 0.344 e. The molecule has 0 aliphatic rings. The van der Waals surface area contributed by atoms with Gasteiger partial charge in [0.15, 0.2) is 6.61 Å². The van der Waals surface area contributed by atoms with E-state index in [1.807, 2.05) is 40.9 Å². The van der Waals surface area contributed by atoms with Crippen LogP contribution in [0.3, 0.4) is 0 Å². The number of carbonyl (C=O) groups excluding carboxylic acids is 1. The van der Waals surface area contributed by atoms with E-state index in [0.29, 0.717) is 12.4 Å². The summed E-state index contributed by atoms with van der Waals surface area (Å²) in [5.74, 6) is 0.361. The van der Waals surface area contributed by atoms with Crippen LogP contribution >= 0.6 is 0 Å². The van der Waals surface area contributed by atoms with Gasteiger partial charge in [0.05, 0.1) is 6.61 Å². The van der Waals surface area contributed by atoms with E-state index < -0.39 is 0 Å². The maximum absolute atomic E-state index is 11.6. The van der Waals surface area contributed by atoms with Gasteiger partial charge in [0.1, 0.15) is 5.76 Å². The van der Waals surface area contributed by atoms with Crippen molar-refractivity contribution in [2.45, 2.75) is 33.6 Å². The quantitative estimate of drug-likeness (QED) is 0.268. The molecule has 0 aromatic carbocycles. The van der Waals surface area contributed by atoms with Crippen molar-refractivity contribution in [2.24, 2.45) is 0 Å². The van der Waals surface area contributed by atoms with Crippen LogP contribution in [0.1, 0.15) is 33.6 Å². The average molecular weight is 295 g/mol. The summed E-state index contributed by atoms with van der Waals surface area (Å²) in [5, 5.41) is 0. The first-order chi connectivity index (χ1) is 9.92. The zero-order valence-electron chi connectivity index (χ0n) is 14.1. The average Bonchev–Trinajstić information content (AvgIpc) is 2.45. The Morgan fingerprint density at radius 1 is 1.19 bits per heavy atom. The topological polar surface area (TPSA) is 38.8 Å². The molecule has 0 fully saturated rings. The lowest BCUT2D eigenvalue weighted by atomic mass is 10.1. The lowest BCUT2D eigenvalue weighted by molar-refractivity contribution is -0.147. The van der Waals surface area contributed by atoms with Gasteiger partial charge in [-0.25, -0.2) is 4.79 Å². The summed E-state index contributed by atoms with van der Waals surface area (Å²) in [7, 11) is 4.05. The standard InChI is InChI=1S/C17H29NO3/c1-7-14(3)15(4)16(8-2)21-13-17(19)20-12-10-9-11-18(5)6/h7-8H,1,9-13H2,2-6H3/b15-14-,16-8+. The number of carbonyl (C=O) groups is 1.